The highest BCUT2D eigenvalue weighted by atomic mass is 16.5. The number of amides is 1. The number of hydrogen-bond acceptors (Lipinski definition) is 3. The van der Waals surface area contributed by atoms with Gasteiger partial charge in [0.25, 0.3) is 0 Å². The van der Waals surface area contributed by atoms with E-state index in [0.717, 1.165) is 17.5 Å². The Morgan fingerprint density at radius 1 is 1.42 bits per heavy atom. The van der Waals surface area contributed by atoms with Crippen molar-refractivity contribution in [2.75, 3.05) is 24.8 Å². The van der Waals surface area contributed by atoms with Gasteiger partial charge in [0.05, 0.1) is 24.2 Å². The molecule has 1 N–H and O–H groups in total. The minimum atomic E-state index is -1.02. The Morgan fingerprint density at radius 3 is 2.95 bits per heavy atom. The lowest BCUT2D eigenvalue weighted by Crippen LogP contribution is -2.41. The van der Waals surface area contributed by atoms with Gasteiger partial charge in [-0.25, -0.2) is 19.5 Å². The van der Waals surface area contributed by atoms with E-state index in [1.807, 2.05) is 31.2 Å². The van der Waals surface area contributed by atoms with Crippen LogP contribution in [0.1, 0.15) is 13.3 Å². The summed E-state index contributed by atoms with van der Waals surface area (Å²) in [5.41, 5.74) is 1.53. The largest absolute Gasteiger partial charge is 0.464 e. The second-order valence-corrected chi connectivity index (χ2v) is 4.10. The molecule has 0 spiro atoms. The van der Waals surface area contributed by atoms with E-state index in [9.17, 15) is 9.90 Å². The van der Waals surface area contributed by atoms with Crippen LogP contribution in [0, 0.1) is 0 Å². The van der Waals surface area contributed by atoms with Crippen LogP contribution >= 0.6 is 0 Å². The molecule has 6 heteroatoms. The highest BCUT2D eigenvalue weighted by Crippen LogP contribution is 2.12. The molecule has 0 saturated carbocycles. The Bertz CT molecular complexity index is 553. The molecule has 0 unspecified atom stereocenters. The Labute approximate surface area is 111 Å². The van der Waals surface area contributed by atoms with Gasteiger partial charge in [0.1, 0.15) is 6.33 Å². The van der Waals surface area contributed by atoms with E-state index in [0.29, 0.717) is 13.2 Å². The van der Waals surface area contributed by atoms with Crippen LogP contribution in [0.15, 0.2) is 30.6 Å². The molecule has 2 aromatic rings. The lowest BCUT2D eigenvalue weighted by Gasteiger charge is -2.20. The van der Waals surface area contributed by atoms with E-state index in [1.165, 1.54) is 16.0 Å². The van der Waals surface area contributed by atoms with Crippen molar-refractivity contribution in [1.82, 2.24) is 9.66 Å². The van der Waals surface area contributed by atoms with Gasteiger partial charge in [0.15, 0.2) is 0 Å². The van der Waals surface area contributed by atoms with Crippen molar-refractivity contribution in [2.24, 2.45) is 0 Å². The fraction of sp³-hybridized carbons (Fsp3) is 0.385. The summed E-state index contributed by atoms with van der Waals surface area (Å²) >= 11 is 0. The van der Waals surface area contributed by atoms with Crippen LogP contribution in [-0.4, -0.2) is 40.6 Å². The third-order valence-electron chi connectivity index (χ3n) is 2.71. The third-order valence-corrected chi connectivity index (χ3v) is 2.71. The first-order chi connectivity index (χ1) is 9.24. The molecule has 2 rings (SSSR count). The number of benzene rings is 1. The Kier molecular flexibility index (Phi) is 4.35. The maximum Gasteiger partial charge on any atom is 0.426 e. The first-order valence-corrected chi connectivity index (χ1v) is 6.24. The molecule has 1 amide bonds. The number of para-hydroxylation sites is 2. The minimum absolute atomic E-state index is 0.273. The molecule has 1 aromatic heterocycles. The molecule has 0 fully saturated rings. The predicted octanol–water partition coefficient (Wildman–Crippen LogP) is 2.08. The highest BCUT2D eigenvalue weighted by molar-refractivity contribution is 5.82. The zero-order valence-electron chi connectivity index (χ0n) is 10.8. The van der Waals surface area contributed by atoms with Crippen molar-refractivity contribution >= 4 is 17.1 Å². The van der Waals surface area contributed by atoms with Gasteiger partial charge in [0, 0.05) is 6.61 Å². The van der Waals surface area contributed by atoms with Gasteiger partial charge in [-0.1, -0.05) is 19.1 Å². The Hall–Kier alpha value is -2.08. The standard InChI is InChI=1S/C13H17N3O3/c1-2-8-19-9-7-15(13(17)18)16-10-14-11-5-3-4-6-12(11)16/h3-6,10H,2,7-9H2,1H3,(H,17,18). The number of nitrogens with zero attached hydrogens (tertiary/aromatic N) is 3. The fourth-order valence-electron chi connectivity index (χ4n) is 1.83. The predicted molar refractivity (Wildman–Crippen MR) is 72.0 cm³/mol. The van der Waals surface area contributed by atoms with Crippen LogP contribution in [0.4, 0.5) is 4.79 Å². The van der Waals surface area contributed by atoms with Crippen molar-refractivity contribution in [1.29, 1.82) is 0 Å². The van der Waals surface area contributed by atoms with Crippen LogP contribution in [0.3, 0.4) is 0 Å². The monoisotopic (exact) mass is 263 g/mol. The van der Waals surface area contributed by atoms with Crippen LogP contribution in [0.5, 0.6) is 0 Å². The minimum Gasteiger partial charge on any atom is -0.464 e. The summed E-state index contributed by atoms with van der Waals surface area (Å²) < 4.78 is 6.87. The summed E-state index contributed by atoms with van der Waals surface area (Å²) in [7, 11) is 0. The van der Waals surface area contributed by atoms with Crippen molar-refractivity contribution in [2.45, 2.75) is 13.3 Å². The summed E-state index contributed by atoms with van der Waals surface area (Å²) in [5, 5.41) is 10.5. The number of rotatable bonds is 6. The average Bonchev–Trinajstić information content (AvgIpc) is 2.82. The lowest BCUT2D eigenvalue weighted by molar-refractivity contribution is 0.134. The van der Waals surface area contributed by atoms with Gasteiger partial charge in [-0.15, -0.1) is 0 Å². The summed E-state index contributed by atoms with van der Waals surface area (Å²) in [4.78, 5) is 15.5. The van der Waals surface area contributed by atoms with Gasteiger partial charge in [0.2, 0.25) is 0 Å². The lowest BCUT2D eigenvalue weighted by atomic mass is 10.3. The number of carbonyl (C=O) groups is 1. The van der Waals surface area contributed by atoms with E-state index in [-0.39, 0.29) is 6.54 Å². The topological polar surface area (TPSA) is 67.6 Å². The highest BCUT2D eigenvalue weighted by Gasteiger charge is 2.16. The number of carboxylic acid groups (broad SMARTS) is 1. The molecule has 1 aromatic carbocycles. The van der Waals surface area contributed by atoms with Crippen LogP contribution in [0.2, 0.25) is 0 Å². The van der Waals surface area contributed by atoms with E-state index in [1.54, 1.807) is 0 Å². The van der Waals surface area contributed by atoms with Crippen molar-refractivity contribution in [3.05, 3.63) is 30.6 Å². The molecule has 0 bridgehead atoms. The smallest absolute Gasteiger partial charge is 0.426 e. The summed E-state index contributed by atoms with van der Waals surface area (Å²) in [6, 6.07) is 7.41. The maximum atomic E-state index is 11.3. The molecular weight excluding hydrogens is 246 g/mol. The molecule has 0 radical (unpaired) electrons. The second kappa shape index (κ2) is 6.19. The molecule has 0 aliphatic heterocycles. The van der Waals surface area contributed by atoms with Gasteiger partial charge < -0.3 is 9.84 Å². The molecule has 0 aliphatic carbocycles. The average molecular weight is 263 g/mol. The maximum absolute atomic E-state index is 11.3. The zero-order chi connectivity index (χ0) is 13.7. The Morgan fingerprint density at radius 2 is 2.21 bits per heavy atom. The molecule has 102 valence electrons. The van der Waals surface area contributed by atoms with Crippen LogP contribution in [-0.2, 0) is 4.74 Å². The molecular formula is C13H17N3O3. The third kappa shape index (κ3) is 3.03. The molecule has 6 nitrogen and oxygen atoms in total. The van der Waals surface area contributed by atoms with E-state index >= 15 is 0 Å². The Balaban J connectivity index is 2.16. The van der Waals surface area contributed by atoms with Crippen molar-refractivity contribution in [3.63, 3.8) is 0 Å². The quantitative estimate of drug-likeness (QED) is 0.810. The number of aromatic nitrogens is 2. The van der Waals surface area contributed by atoms with E-state index in [4.69, 9.17) is 4.74 Å². The molecule has 0 aliphatic rings. The number of hydrogen-bond donors (Lipinski definition) is 1. The molecule has 19 heavy (non-hydrogen) atoms. The summed E-state index contributed by atoms with van der Waals surface area (Å²) in [6.45, 7) is 3.29. The van der Waals surface area contributed by atoms with Gasteiger partial charge in [-0.2, -0.15) is 0 Å². The number of ether oxygens (including phenoxy) is 1. The van der Waals surface area contributed by atoms with Crippen molar-refractivity contribution in [3.8, 4) is 0 Å². The van der Waals surface area contributed by atoms with Gasteiger partial charge >= 0.3 is 6.09 Å². The normalized spacial score (nSPS) is 10.8. The number of imidazole rings is 1. The molecule has 0 atom stereocenters. The van der Waals surface area contributed by atoms with Gasteiger partial charge in [-0.05, 0) is 18.6 Å². The fourth-order valence-corrected chi connectivity index (χ4v) is 1.83. The molecule has 0 saturated heterocycles. The van der Waals surface area contributed by atoms with Crippen LogP contribution in [0.25, 0.3) is 11.0 Å². The summed E-state index contributed by atoms with van der Waals surface area (Å²) in [6.07, 6.45) is 1.41. The first kappa shape index (κ1) is 13.4. The first-order valence-electron chi connectivity index (χ1n) is 6.24. The molecule has 1 heterocycles. The summed E-state index contributed by atoms with van der Waals surface area (Å²) in [5.74, 6) is 0. The van der Waals surface area contributed by atoms with Gasteiger partial charge in [-0.3, -0.25) is 0 Å². The zero-order valence-corrected chi connectivity index (χ0v) is 10.8. The van der Waals surface area contributed by atoms with E-state index in [2.05, 4.69) is 4.98 Å². The van der Waals surface area contributed by atoms with Crippen LogP contribution < -0.4 is 5.01 Å². The SMILES string of the molecule is CCCOCCN(C(=O)O)n1cnc2ccccc21. The second-order valence-electron chi connectivity index (χ2n) is 4.10. The van der Waals surface area contributed by atoms with Crippen molar-refractivity contribution < 1.29 is 14.6 Å². The number of fused-ring (bicyclic) bond motifs is 1. The van der Waals surface area contributed by atoms with E-state index < -0.39 is 6.09 Å².